The van der Waals surface area contributed by atoms with Crippen LogP contribution in [0.3, 0.4) is 0 Å². The Kier molecular flexibility index (Phi) is 11.3. The van der Waals surface area contributed by atoms with Crippen LogP contribution < -0.4 is 0 Å². The van der Waals surface area contributed by atoms with Crippen LogP contribution in [0.25, 0.3) is 11.1 Å². The zero-order chi connectivity index (χ0) is 40.6. The van der Waals surface area contributed by atoms with Crippen LogP contribution in [0.4, 0.5) is 22.7 Å². The van der Waals surface area contributed by atoms with Gasteiger partial charge in [-0.25, -0.2) is 0 Å². The molecule has 12 nitrogen and oxygen atoms in total. The van der Waals surface area contributed by atoms with Crippen molar-refractivity contribution in [3.05, 3.63) is 127 Å². The zero-order valence-corrected chi connectivity index (χ0v) is 33.1. The molecular weight excluding hydrogens is 684 g/mol. The normalized spacial score (nSPS) is 16.0. The molecule has 2 aliphatic carbocycles. The number of rotatable bonds is 7. The summed E-state index contributed by atoms with van der Waals surface area (Å²) < 4.78 is 0. The molecular formula is C42H48N6O6. The number of ketones is 2. The Balaban J connectivity index is 1.88. The first-order chi connectivity index (χ1) is 24.8. The van der Waals surface area contributed by atoms with Crippen molar-refractivity contribution in [1.82, 2.24) is 0 Å². The van der Waals surface area contributed by atoms with Gasteiger partial charge >= 0.3 is 0 Å². The van der Waals surface area contributed by atoms with Gasteiger partial charge in [-0.3, -0.25) is 29.8 Å². The van der Waals surface area contributed by atoms with E-state index < -0.39 is 31.5 Å². The number of hydrogen-bond acceptors (Lipinski definition) is 10. The molecule has 282 valence electrons. The van der Waals surface area contributed by atoms with E-state index in [1.54, 1.807) is 24.3 Å². The summed E-state index contributed by atoms with van der Waals surface area (Å²) in [7, 11) is 0. The van der Waals surface area contributed by atoms with Gasteiger partial charge in [0.25, 0.3) is 11.4 Å². The van der Waals surface area contributed by atoms with E-state index in [4.69, 9.17) is 0 Å². The first-order valence-corrected chi connectivity index (χ1v) is 17.6. The van der Waals surface area contributed by atoms with Crippen molar-refractivity contribution in [2.75, 3.05) is 0 Å². The van der Waals surface area contributed by atoms with Gasteiger partial charge in [0.15, 0.2) is 11.6 Å². The Morgan fingerprint density at radius 2 is 0.778 bits per heavy atom. The molecule has 0 atom stereocenters. The Labute approximate surface area is 316 Å². The Hall–Kier alpha value is -5.78. The van der Waals surface area contributed by atoms with E-state index >= 15 is 0 Å². The summed E-state index contributed by atoms with van der Waals surface area (Å²) >= 11 is 0. The lowest BCUT2D eigenvalue weighted by Crippen LogP contribution is -2.27. The molecule has 2 aliphatic rings. The number of nitrogens with zero attached hydrogens (tertiary/aromatic N) is 6. The lowest BCUT2D eigenvalue weighted by Gasteiger charge is -2.31. The van der Waals surface area contributed by atoms with Gasteiger partial charge in [-0.05, 0) is 69.2 Å². The third-order valence-corrected chi connectivity index (χ3v) is 8.87. The van der Waals surface area contributed by atoms with Gasteiger partial charge in [0.1, 0.15) is 0 Å². The number of benzene rings is 2. The molecule has 0 saturated heterocycles. The fourth-order valence-corrected chi connectivity index (χ4v) is 5.88. The Morgan fingerprint density at radius 1 is 0.500 bits per heavy atom. The Bertz CT molecular complexity index is 1960. The van der Waals surface area contributed by atoms with Crippen molar-refractivity contribution in [2.45, 2.75) is 83.1 Å². The van der Waals surface area contributed by atoms with E-state index in [0.717, 1.165) is 0 Å². The molecule has 0 N–H and O–H groups in total. The van der Waals surface area contributed by atoms with Crippen molar-refractivity contribution >= 4 is 34.3 Å². The smallest absolute Gasteiger partial charge is 0.270 e. The maximum atomic E-state index is 13.4. The fraction of sp³-hybridized carbons (Fsp3) is 0.381. The Morgan fingerprint density at radius 3 is 1.02 bits per heavy atom. The monoisotopic (exact) mass is 732 g/mol. The van der Waals surface area contributed by atoms with E-state index in [1.807, 2.05) is 83.1 Å². The standard InChI is InChI=1S/C42H48N6O6/c1-39(2,3)31-17-25(18-32(37(31)49)40(4,5)6)23-43-45-35-15-13-27(47(51)52)21-29(35)30-22-28(48(53)54)14-16-36(30)46-44-24-26-19-33(41(7,8)9)38(50)34(20-26)42(10,11)12/h13-24H,1-12H3/b45-43+,46-44+. The maximum absolute atomic E-state index is 13.4. The van der Waals surface area contributed by atoms with Crippen molar-refractivity contribution < 1.29 is 19.4 Å². The van der Waals surface area contributed by atoms with Gasteiger partial charge in [0, 0.05) is 57.7 Å². The van der Waals surface area contributed by atoms with Crippen LogP contribution in [0.1, 0.15) is 83.1 Å². The van der Waals surface area contributed by atoms with Crippen molar-refractivity contribution in [1.29, 1.82) is 0 Å². The fourth-order valence-electron chi connectivity index (χ4n) is 5.88. The number of nitro benzene ring substituents is 2. The lowest BCUT2D eigenvalue weighted by atomic mass is 9.72. The molecule has 12 heteroatoms. The van der Waals surface area contributed by atoms with Gasteiger partial charge < -0.3 is 0 Å². The average Bonchev–Trinajstić information content (AvgIpc) is 3.04. The molecule has 0 aromatic heterocycles. The van der Waals surface area contributed by atoms with Crippen LogP contribution in [0.15, 0.2) is 127 Å². The van der Waals surface area contributed by atoms with Crippen LogP contribution in [0, 0.1) is 41.9 Å². The van der Waals surface area contributed by atoms with Crippen molar-refractivity contribution in [3.63, 3.8) is 0 Å². The first kappa shape index (κ1) is 41.0. The number of non-ortho nitro benzene ring substituents is 2. The highest BCUT2D eigenvalue weighted by Crippen LogP contribution is 2.43. The zero-order valence-electron chi connectivity index (χ0n) is 33.1. The van der Waals surface area contributed by atoms with E-state index in [9.17, 15) is 29.8 Å². The maximum Gasteiger partial charge on any atom is 0.270 e. The minimum Gasteiger partial charge on any atom is -0.289 e. The molecule has 0 bridgehead atoms. The number of hydrogen-bond donors (Lipinski definition) is 0. The lowest BCUT2D eigenvalue weighted by molar-refractivity contribution is -0.385. The van der Waals surface area contributed by atoms with Gasteiger partial charge in [-0.1, -0.05) is 83.1 Å². The molecule has 0 heterocycles. The summed E-state index contributed by atoms with van der Waals surface area (Å²) in [5.74, 6) is -0.0591. The molecule has 2 aromatic rings. The molecule has 0 saturated carbocycles. The molecule has 0 unspecified atom stereocenters. The number of carbonyl (C=O) groups excluding carboxylic acids is 2. The summed E-state index contributed by atoms with van der Waals surface area (Å²) in [5.41, 5.74) is 2.23. The second kappa shape index (κ2) is 14.9. The van der Waals surface area contributed by atoms with Gasteiger partial charge in [-0.15, -0.1) is 0 Å². The average molecular weight is 733 g/mol. The van der Waals surface area contributed by atoms with Crippen LogP contribution >= 0.6 is 0 Å². The predicted octanol–water partition coefficient (Wildman–Crippen LogP) is 12.2. The summed E-state index contributed by atoms with van der Waals surface area (Å²) in [6.07, 6.45) is 10.1. The molecule has 0 fully saturated rings. The van der Waals surface area contributed by atoms with E-state index in [1.165, 1.54) is 48.8 Å². The van der Waals surface area contributed by atoms with Crippen molar-refractivity contribution in [3.8, 4) is 11.1 Å². The third-order valence-electron chi connectivity index (χ3n) is 8.87. The minimum atomic E-state index is -0.575. The van der Waals surface area contributed by atoms with Crippen LogP contribution in [-0.4, -0.2) is 21.4 Å². The summed E-state index contributed by atoms with van der Waals surface area (Å²) in [4.78, 5) is 49.4. The molecule has 2 aromatic carbocycles. The molecule has 0 aliphatic heterocycles. The summed E-state index contributed by atoms with van der Waals surface area (Å²) in [6.45, 7) is 23.6. The number of nitro groups is 2. The highest BCUT2D eigenvalue weighted by Gasteiger charge is 2.35. The molecule has 54 heavy (non-hydrogen) atoms. The predicted molar refractivity (Wildman–Crippen MR) is 211 cm³/mol. The summed E-state index contributed by atoms with van der Waals surface area (Å²) in [6, 6.07) is 7.87. The van der Waals surface area contributed by atoms with Crippen molar-refractivity contribution in [2.24, 2.45) is 42.1 Å². The highest BCUT2D eigenvalue weighted by molar-refractivity contribution is 6.12. The minimum absolute atomic E-state index is 0.0296. The van der Waals surface area contributed by atoms with Crippen LogP contribution in [0.5, 0.6) is 0 Å². The second-order valence-corrected chi connectivity index (χ2v) is 17.5. The molecule has 4 rings (SSSR count). The number of allylic oxidation sites excluding steroid dienone is 10. The topological polar surface area (TPSA) is 170 Å². The highest BCUT2D eigenvalue weighted by atomic mass is 16.6. The van der Waals surface area contributed by atoms with Gasteiger partial charge in [0.05, 0.1) is 33.6 Å². The molecule has 0 radical (unpaired) electrons. The van der Waals surface area contributed by atoms with E-state index in [2.05, 4.69) is 20.5 Å². The molecule has 0 amide bonds. The van der Waals surface area contributed by atoms with E-state index in [0.29, 0.717) is 33.4 Å². The first-order valence-electron chi connectivity index (χ1n) is 17.6. The van der Waals surface area contributed by atoms with Gasteiger partial charge in [0.2, 0.25) is 0 Å². The molecule has 0 spiro atoms. The number of Topliss-reactive ketones (excluding diaryl/α,β-unsaturated/α-hetero) is 2. The van der Waals surface area contributed by atoms with Gasteiger partial charge in [-0.2, -0.15) is 20.5 Å². The summed E-state index contributed by atoms with van der Waals surface area (Å²) in [5, 5.41) is 41.2. The largest absolute Gasteiger partial charge is 0.289 e. The SMILES string of the molecule is CC(C)(C)C1=CC(=C/N=N/c2ccc([N+](=O)[O-])cc2-c2cc([N+](=O)[O-])ccc2/N=N/C=C2C=C(C(C)(C)C)C(=O)C(C(C)(C)C)=C2)C=C(C(C)(C)C)C1=O. The van der Waals surface area contributed by atoms with Crippen LogP contribution in [0.2, 0.25) is 0 Å². The number of carbonyl (C=O) groups is 2. The van der Waals surface area contributed by atoms with Crippen LogP contribution in [-0.2, 0) is 9.59 Å². The number of azo groups is 2. The second-order valence-electron chi connectivity index (χ2n) is 17.5. The quantitative estimate of drug-likeness (QED) is 0.156. The van der Waals surface area contributed by atoms with E-state index in [-0.39, 0.29) is 45.4 Å². The third kappa shape index (κ3) is 9.41.